The maximum Gasteiger partial charge on any atom is 0.133 e. The lowest BCUT2D eigenvalue weighted by molar-refractivity contribution is 1.29. The number of rotatable bonds is 1. The average Bonchev–Trinajstić information content (AvgIpc) is 1.85. The summed E-state index contributed by atoms with van der Waals surface area (Å²) < 4.78 is 0. The minimum atomic E-state index is 0.407. The highest BCUT2D eigenvalue weighted by Gasteiger charge is 1.94. The highest BCUT2D eigenvalue weighted by molar-refractivity contribution is 6.29. The maximum atomic E-state index is 5.60. The predicted octanol–water partition coefficient (Wildman–Crippen LogP) is 1.36. The van der Waals surface area contributed by atoms with E-state index < -0.39 is 0 Å². The molecule has 3 nitrogen and oxygen atoms in total. The van der Waals surface area contributed by atoms with Gasteiger partial charge in [0.05, 0.1) is 0 Å². The van der Waals surface area contributed by atoms with E-state index in [2.05, 4.69) is 10.3 Å². The largest absolute Gasteiger partial charge is 0.399 e. The Kier molecular flexibility index (Phi) is 1.97. The van der Waals surface area contributed by atoms with Crippen molar-refractivity contribution in [1.82, 2.24) is 4.98 Å². The van der Waals surface area contributed by atoms with Crippen LogP contribution < -0.4 is 11.1 Å². The smallest absolute Gasteiger partial charge is 0.133 e. The fourth-order valence-electron chi connectivity index (χ4n) is 0.645. The molecule has 0 aliphatic carbocycles. The van der Waals surface area contributed by atoms with Crippen LogP contribution >= 0.6 is 11.6 Å². The Balaban J connectivity index is 3.06. The summed E-state index contributed by atoms with van der Waals surface area (Å²) in [5.74, 6) is 0.685. The molecule has 54 valence electrons. The van der Waals surface area contributed by atoms with Gasteiger partial charge in [-0.1, -0.05) is 11.6 Å². The lowest BCUT2D eigenvalue weighted by Crippen LogP contribution is -1.94. The van der Waals surface area contributed by atoms with E-state index >= 15 is 0 Å². The molecule has 0 aromatic carbocycles. The molecule has 0 aliphatic rings. The molecule has 0 fully saturated rings. The van der Waals surface area contributed by atoms with Crippen molar-refractivity contribution in [2.45, 2.75) is 0 Å². The first-order valence-electron chi connectivity index (χ1n) is 2.83. The van der Waals surface area contributed by atoms with Crippen LogP contribution in [0.25, 0.3) is 0 Å². The third-order valence-electron chi connectivity index (χ3n) is 1.07. The Morgan fingerprint density at radius 1 is 1.60 bits per heavy atom. The number of pyridine rings is 1. The van der Waals surface area contributed by atoms with Gasteiger partial charge < -0.3 is 11.1 Å². The van der Waals surface area contributed by atoms with Crippen molar-refractivity contribution in [3.63, 3.8) is 0 Å². The van der Waals surface area contributed by atoms with Gasteiger partial charge in [0.1, 0.15) is 11.0 Å². The number of halogens is 1. The van der Waals surface area contributed by atoms with Gasteiger partial charge in [0, 0.05) is 18.8 Å². The summed E-state index contributed by atoms with van der Waals surface area (Å²) in [4.78, 5) is 3.93. The number of hydrogen-bond donors (Lipinski definition) is 2. The van der Waals surface area contributed by atoms with Crippen LogP contribution in [0.3, 0.4) is 0 Å². The third-order valence-corrected chi connectivity index (χ3v) is 1.27. The highest BCUT2D eigenvalue weighted by atomic mass is 35.5. The standard InChI is InChI=1S/C6H8ClN3/c1-9-6-3-4(8)2-5(7)10-6/h2-3H,1H3,(H3,8,9,10). The number of nitrogens with zero attached hydrogens (tertiary/aromatic N) is 1. The number of nitrogen functional groups attached to an aromatic ring is 1. The van der Waals surface area contributed by atoms with Crippen LogP contribution in [0.2, 0.25) is 5.15 Å². The molecule has 4 heteroatoms. The predicted molar refractivity (Wildman–Crippen MR) is 43.2 cm³/mol. The highest BCUT2D eigenvalue weighted by Crippen LogP contribution is 2.14. The lowest BCUT2D eigenvalue weighted by atomic mass is 10.4. The van der Waals surface area contributed by atoms with Crippen LogP contribution in [0.5, 0.6) is 0 Å². The molecular weight excluding hydrogens is 150 g/mol. The van der Waals surface area contributed by atoms with Crippen LogP contribution in [0, 0.1) is 0 Å². The van der Waals surface area contributed by atoms with Crippen molar-refractivity contribution in [2.24, 2.45) is 0 Å². The van der Waals surface area contributed by atoms with E-state index in [9.17, 15) is 0 Å². The molecule has 10 heavy (non-hydrogen) atoms. The average molecular weight is 158 g/mol. The molecule has 0 saturated heterocycles. The second kappa shape index (κ2) is 2.75. The Hall–Kier alpha value is -0.960. The Bertz CT molecular complexity index is 216. The van der Waals surface area contributed by atoms with E-state index in [0.717, 1.165) is 0 Å². The summed E-state index contributed by atoms with van der Waals surface area (Å²) in [5.41, 5.74) is 6.09. The number of aromatic nitrogens is 1. The first-order valence-corrected chi connectivity index (χ1v) is 3.21. The topological polar surface area (TPSA) is 50.9 Å². The molecule has 0 unspecified atom stereocenters. The van der Waals surface area contributed by atoms with Crippen molar-refractivity contribution < 1.29 is 0 Å². The summed E-state index contributed by atoms with van der Waals surface area (Å²) in [5, 5.41) is 3.24. The molecule has 1 heterocycles. The van der Waals surface area contributed by atoms with E-state index in [1.165, 1.54) is 0 Å². The molecule has 0 atom stereocenters. The van der Waals surface area contributed by atoms with E-state index in [-0.39, 0.29) is 0 Å². The Morgan fingerprint density at radius 3 is 2.80 bits per heavy atom. The van der Waals surface area contributed by atoms with Gasteiger partial charge in [0.25, 0.3) is 0 Å². The van der Waals surface area contributed by atoms with Crippen LogP contribution in [-0.2, 0) is 0 Å². The molecule has 0 bridgehead atoms. The molecule has 0 aliphatic heterocycles. The number of hydrogen-bond acceptors (Lipinski definition) is 3. The first-order chi connectivity index (χ1) is 4.72. The van der Waals surface area contributed by atoms with Gasteiger partial charge in [-0.3, -0.25) is 0 Å². The Morgan fingerprint density at radius 2 is 2.30 bits per heavy atom. The van der Waals surface area contributed by atoms with E-state index in [1.54, 1.807) is 19.2 Å². The van der Waals surface area contributed by atoms with Gasteiger partial charge in [-0.25, -0.2) is 4.98 Å². The molecule has 1 rings (SSSR count). The fourth-order valence-corrected chi connectivity index (χ4v) is 0.862. The van der Waals surface area contributed by atoms with Crippen LogP contribution in [0.15, 0.2) is 12.1 Å². The normalized spacial score (nSPS) is 9.40. The molecule has 1 aromatic heterocycles. The minimum absolute atomic E-state index is 0.407. The summed E-state index contributed by atoms with van der Waals surface area (Å²) >= 11 is 5.60. The van der Waals surface area contributed by atoms with E-state index in [0.29, 0.717) is 16.7 Å². The molecule has 0 spiro atoms. The zero-order valence-electron chi connectivity index (χ0n) is 5.56. The van der Waals surface area contributed by atoms with Crippen molar-refractivity contribution in [3.05, 3.63) is 17.3 Å². The summed E-state index contributed by atoms with van der Waals surface area (Å²) in [7, 11) is 1.76. The van der Waals surface area contributed by atoms with Crippen molar-refractivity contribution in [1.29, 1.82) is 0 Å². The summed E-state index contributed by atoms with van der Waals surface area (Å²) in [6, 6.07) is 3.31. The molecular formula is C6H8ClN3. The third kappa shape index (κ3) is 1.51. The van der Waals surface area contributed by atoms with Crippen molar-refractivity contribution in [3.8, 4) is 0 Å². The fraction of sp³-hybridized carbons (Fsp3) is 0.167. The van der Waals surface area contributed by atoms with Crippen LogP contribution in [-0.4, -0.2) is 12.0 Å². The monoisotopic (exact) mass is 157 g/mol. The van der Waals surface area contributed by atoms with Crippen LogP contribution in [0.4, 0.5) is 11.5 Å². The van der Waals surface area contributed by atoms with Gasteiger partial charge >= 0.3 is 0 Å². The van der Waals surface area contributed by atoms with Gasteiger partial charge in [-0.2, -0.15) is 0 Å². The van der Waals surface area contributed by atoms with Crippen molar-refractivity contribution in [2.75, 3.05) is 18.1 Å². The molecule has 0 radical (unpaired) electrons. The summed E-state index contributed by atoms with van der Waals surface area (Å²) in [6.45, 7) is 0. The first kappa shape index (κ1) is 7.15. The number of nitrogens with one attached hydrogen (secondary N) is 1. The molecule has 1 aromatic rings. The number of anilines is 2. The second-order valence-corrected chi connectivity index (χ2v) is 2.25. The van der Waals surface area contributed by atoms with Gasteiger partial charge in [0.2, 0.25) is 0 Å². The SMILES string of the molecule is CNc1cc(N)cc(Cl)n1. The van der Waals surface area contributed by atoms with Crippen molar-refractivity contribution >= 4 is 23.1 Å². The van der Waals surface area contributed by atoms with Gasteiger partial charge in [-0.15, -0.1) is 0 Å². The Labute approximate surface area is 64.2 Å². The van der Waals surface area contributed by atoms with E-state index in [4.69, 9.17) is 17.3 Å². The summed E-state index contributed by atoms with van der Waals surface area (Å²) in [6.07, 6.45) is 0. The van der Waals surface area contributed by atoms with E-state index in [1.807, 2.05) is 0 Å². The number of nitrogens with two attached hydrogens (primary N) is 1. The molecule has 3 N–H and O–H groups in total. The molecule has 0 saturated carbocycles. The minimum Gasteiger partial charge on any atom is -0.399 e. The van der Waals surface area contributed by atoms with Gasteiger partial charge in [0.15, 0.2) is 0 Å². The quantitative estimate of drug-likeness (QED) is 0.606. The maximum absolute atomic E-state index is 5.60. The van der Waals surface area contributed by atoms with Crippen LogP contribution in [0.1, 0.15) is 0 Å². The second-order valence-electron chi connectivity index (χ2n) is 1.86. The lowest BCUT2D eigenvalue weighted by Gasteiger charge is -1.99. The zero-order chi connectivity index (χ0) is 7.56. The zero-order valence-corrected chi connectivity index (χ0v) is 6.31. The van der Waals surface area contributed by atoms with Gasteiger partial charge in [-0.05, 0) is 6.07 Å². The molecule has 0 amide bonds.